The highest BCUT2D eigenvalue weighted by molar-refractivity contribution is 5.16. The van der Waals surface area contributed by atoms with E-state index in [1.54, 1.807) is 0 Å². The summed E-state index contributed by atoms with van der Waals surface area (Å²) in [5.41, 5.74) is 0.951. The van der Waals surface area contributed by atoms with Crippen LogP contribution in [-0.4, -0.2) is 42.9 Å². The number of aliphatic hydroxyl groups is 1. The van der Waals surface area contributed by atoms with Crippen LogP contribution in [0.15, 0.2) is 30.3 Å². The zero-order chi connectivity index (χ0) is 16.2. The second-order valence-electron chi connectivity index (χ2n) is 6.29. The predicted molar refractivity (Wildman–Crippen MR) is 84.7 cm³/mol. The fourth-order valence-corrected chi connectivity index (χ4v) is 3.04. The summed E-state index contributed by atoms with van der Waals surface area (Å²) in [6.45, 7) is 5.09. The lowest BCUT2D eigenvalue weighted by Crippen LogP contribution is -2.59. The zero-order valence-corrected chi connectivity index (χ0v) is 13.8. The van der Waals surface area contributed by atoms with Gasteiger partial charge in [0.25, 0.3) is 0 Å². The van der Waals surface area contributed by atoms with E-state index in [4.69, 9.17) is 18.9 Å². The van der Waals surface area contributed by atoms with Gasteiger partial charge >= 0.3 is 0 Å². The minimum absolute atomic E-state index is 0.136. The van der Waals surface area contributed by atoms with Crippen LogP contribution in [0.1, 0.15) is 38.5 Å². The van der Waals surface area contributed by atoms with E-state index in [0.717, 1.165) is 18.4 Å². The molecule has 0 aliphatic carbocycles. The van der Waals surface area contributed by atoms with Crippen molar-refractivity contribution < 1.29 is 24.1 Å². The molecule has 0 radical (unpaired) electrons. The number of rotatable bonds is 5. The first kappa shape index (κ1) is 16.9. The summed E-state index contributed by atoms with van der Waals surface area (Å²) in [5.74, 6) is -0.136. The Kier molecular flexibility index (Phi) is 5.67. The predicted octanol–water partition coefficient (Wildman–Crippen LogP) is 2.64. The molecule has 2 heterocycles. The number of ether oxygens (including phenoxy) is 4. The molecule has 0 amide bonds. The Labute approximate surface area is 137 Å². The summed E-state index contributed by atoms with van der Waals surface area (Å²) >= 11 is 0. The van der Waals surface area contributed by atoms with Gasteiger partial charge in [-0.2, -0.15) is 0 Å². The SMILES string of the molecule is CCCCO[C@@H]1OC2COC(c3ccccc3)O[C@H]2C(O)[C@@H]1C. The van der Waals surface area contributed by atoms with E-state index in [2.05, 4.69) is 6.92 Å². The molecule has 2 fully saturated rings. The van der Waals surface area contributed by atoms with E-state index in [9.17, 15) is 5.11 Å². The second kappa shape index (κ2) is 7.73. The molecule has 1 aromatic carbocycles. The van der Waals surface area contributed by atoms with E-state index in [1.807, 2.05) is 37.3 Å². The van der Waals surface area contributed by atoms with Gasteiger partial charge in [0.1, 0.15) is 12.2 Å². The summed E-state index contributed by atoms with van der Waals surface area (Å²) in [5, 5.41) is 10.6. The van der Waals surface area contributed by atoms with Gasteiger partial charge in [0, 0.05) is 18.1 Å². The van der Waals surface area contributed by atoms with E-state index in [0.29, 0.717) is 13.2 Å². The molecule has 1 aromatic rings. The molecule has 2 aliphatic heterocycles. The smallest absolute Gasteiger partial charge is 0.184 e. The van der Waals surface area contributed by atoms with Gasteiger partial charge in [0.2, 0.25) is 0 Å². The highest BCUT2D eigenvalue weighted by Crippen LogP contribution is 2.36. The summed E-state index contributed by atoms with van der Waals surface area (Å²) in [7, 11) is 0. The van der Waals surface area contributed by atoms with E-state index < -0.39 is 24.8 Å². The monoisotopic (exact) mass is 322 g/mol. The number of hydrogen-bond acceptors (Lipinski definition) is 5. The van der Waals surface area contributed by atoms with Crippen LogP contribution in [0.25, 0.3) is 0 Å². The summed E-state index contributed by atoms with van der Waals surface area (Å²) < 4.78 is 23.5. The van der Waals surface area contributed by atoms with Crippen molar-refractivity contribution >= 4 is 0 Å². The highest BCUT2D eigenvalue weighted by atomic mass is 16.7. The molecule has 0 spiro atoms. The molecule has 2 saturated heterocycles. The average molecular weight is 322 g/mol. The highest BCUT2D eigenvalue weighted by Gasteiger charge is 2.47. The third-order valence-corrected chi connectivity index (χ3v) is 4.52. The van der Waals surface area contributed by atoms with Gasteiger partial charge in [-0.15, -0.1) is 0 Å². The molecule has 6 atom stereocenters. The first-order valence-electron chi connectivity index (χ1n) is 8.48. The Hall–Kier alpha value is -0.980. The van der Waals surface area contributed by atoms with Crippen LogP contribution in [0, 0.1) is 5.92 Å². The molecular weight excluding hydrogens is 296 g/mol. The van der Waals surface area contributed by atoms with Crippen molar-refractivity contribution in [3.05, 3.63) is 35.9 Å². The van der Waals surface area contributed by atoms with Gasteiger partial charge in [-0.3, -0.25) is 0 Å². The minimum atomic E-state index is -0.629. The summed E-state index contributed by atoms with van der Waals surface area (Å²) in [4.78, 5) is 0. The number of hydrogen-bond donors (Lipinski definition) is 1. The first-order valence-corrected chi connectivity index (χ1v) is 8.48. The minimum Gasteiger partial charge on any atom is -0.390 e. The van der Waals surface area contributed by atoms with Gasteiger partial charge in [0.15, 0.2) is 12.6 Å². The molecule has 0 aromatic heterocycles. The fraction of sp³-hybridized carbons (Fsp3) is 0.667. The maximum Gasteiger partial charge on any atom is 0.184 e. The lowest BCUT2D eigenvalue weighted by molar-refractivity contribution is -0.351. The molecule has 23 heavy (non-hydrogen) atoms. The maximum absolute atomic E-state index is 10.6. The molecule has 3 unspecified atom stereocenters. The lowest BCUT2D eigenvalue weighted by Gasteiger charge is -2.47. The van der Waals surface area contributed by atoms with Crippen molar-refractivity contribution in [3.8, 4) is 0 Å². The quantitative estimate of drug-likeness (QED) is 0.845. The van der Waals surface area contributed by atoms with Crippen LogP contribution in [0.2, 0.25) is 0 Å². The molecule has 0 saturated carbocycles. The Morgan fingerprint density at radius 2 is 2.00 bits per heavy atom. The maximum atomic E-state index is 10.6. The van der Waals surface area contributed by atoms with E-state index in [1.165, 1.54) is 0 Å². The summed E-state index contributed by atoms with van der Waals surface area (Å²) in [6.07, 6.45) is -0.127. The Balaban J connectivity index is 1.63. The van der Waals surface area contributed by atoms with Crippen molar-refractivity contribution in [2.75, 3.05) is 13.2 Å². The van der Waals surface area contributed by atoms with Crippen molar-refractivity contribution in [1.82, 2.24) is 0 Å². The van der Waals surface area contributed by atoms with Gasteiger partial charge in [0.05, 0.1) is 12.7 Å². The van der Waals surface area contributed by atoms with E-state index >= 15 is 0 Å². The van der Waals surface area contributed by atoms with Crippen molar-refractivity contribution in [1.29, 1.82) is 0 Å². The van der Waals surface area contributed by atoms with Gasteiger partial charge < -0.3 is 24.1 Å². The third-order valence-electron chi connectivity index (χ3n) is 4.52. The zero-order valence-electron chi connectivity index (χ0n) is 13.8. The average Bonchev–Trinajstić information content (AvgIpc) is 2.60. The van der Waals surface area contributed by atoms with Gasteiger partial charge in [-0.05, 0) is 6.42 Å². The Morgan fingerprint density at radius 3 is 2.74 bits per heavy atom. The molecule has 1 N–H and O–H groups in total. The molecule has 5 nitrogen and oxygen atoms in total. The standard InChI is InChI=1S/C18H26O5/c1-3-4-10-20-17-12(2)15(19)16-14(22-17)11-21-18(23-16)13-8-6-5-7-9-13/h5-9,12,14-19H,3-4,10-11H2,1-2H3/t12-,14?,15?,16+,17+,18?/m0/s1. The van der Waals surface area contributed by atoms with Crippen molar-refractivity contribution in [2.45, 2.75) is 57.6 Å². The number of benzene rings is 1. The molecule has 128 valence electrons. The van der Waals surface area contributed by atoms with Crippen LogP contribution in [0.3, 0.4) is 0 Å². The molecule has 5 heteroatoms. The second-order valence-corrected chi connectivity index (χ2v) is 6.29. The molecule has 2 aliphatic rings. The fourth-order valence-electron chi connectivity index (χ4n) is 3.04. The summed E-state index contributed by atoms with van der Waals surface area (Å²) in [6, 6.07) is 9.76. The number of aliphatic hydroxyl groups excluding tert-OH is 1. The Bertz CT molecular complexity index is 478. The lowest BCUT2D eigenvalue weighted by atomic mass is 9.91. The van der Waals surface area contributed by atoms with Crippen molar-refractivity contribution in [2.24, 2.45) is 5.92 Å². The Morgan fingerprint density at radius 1 is 1.22 bits per heavy atom. The topological polar surface area (TPSA) is 57.2 Å². The van der Waals surface area contributed by atoms with Crippen LogP contribution >= 0.6 is 0 Å². The van der Waals surface area contributed by atoms with Crippen LogP contribution < -0.4 is 0 Å². The largest absolute Gasteiger partial charge is 0.390 e. The first-order chi connectivity index (χ1) is 11.2. The normalized spacial score (nSPS) is 37.3. The van der Waals surface area contributed by atoms with E-state index in [-0.39, 0.29) is 12.0 Å². The third kappa shape index (κ3) is 3.75. The molecular formula is C18H26O5. The van der Waals surface area contributed by atoms with Crippen LogP contribution in [0.4, 0.5) is 0 Å². The number of fused-ring (bicyclic) bond motifs is 1. The van der Waals surface area contributed by atoms with Crippen LogP contribution in [-0.2, 0) is 18.9 Å². The van der Waals surface area contributed by atoms with Gasteiger partial charge in [-0.25, -0.2) is 0 Å². The van der Waals surface area contributed by atoms with Gasteiger partial charge in [-0.1, -0.05) is 50.6 Å². The number of unbranched alkanes of at least 4 members (excludes halogenated alkanes) is 1. The van der Waals surface area contributed by atoms with Crippen molar-refractivity contribution in [3.63, 3.8) is 0 Å². The van der Waals surface area contributed by atoms with Crippen LogP contribution in [0.5, 0.6) is 0 Å². The molecule has 3 rings (SSSR count). The molecule has 0 bridgehead atoms.